The van der Waals surface area contributed by atoms with Gasteiger partial charge in [-0.3, -0.25) is 4.79 Å². The number of nitrogens with zero attached hydrogens (tertiary/aromatic N) is 2. The van der Waals surface area contributed by atoms with Crippen LogP contribution in [-0.4, -0.2) is 15.8 Å². The van der Waals surface area contributed by atoms with E-state index in [-0.39, 0.29) is 5.56 Å². The predicted octanol–water partition coefficient (Wildman–Crippen LogP) is 0.502. The Labute approximate surface area is 63.1 Å². The van der Waals surface area contributed by atoms with Gasteiger partial charge in [0.25, 0.3) is 5.56 Å². The molecule has 1 rings (SSSR count). The van der Waals surface area contributed by atoms with Crippen LogP contribution in [0.25, 0.3) is 0 Å². The maximum absolute atomic E-state index is 10.7. The zero-order valence-corrected chi connectivity index (χ0v) is 6.68. The Morgan fingerprint density at radius 3 is 2.90 bits per heavy atom. The molecule has 0 atom stereocenters. The van der Waals surface area contributed by atoms with Crippen LogP contribution >= 0.6 is 11.8 Å². The van der Waals surface area contributed by atoms with E-state index in [4.69, 9.17) is 0 Å². The first-order valence-electron chi connectivity index (χ1n) is 2.80. The molecule has 10 heavy (non-hydrogen) atoms. The number of hydrogen-bond donors (Lipinski definition) is 0. The molecule has 1 heterocycles. The Morgan fingerprint density at radius 2 is 2.40 bits per heavy atom. The Morgan fingerprint density at radius 1 is 1.70 bits per heavy atom. The van der Waals surface area contributed by atoms with Crippen LogP contribution in [0.4, 0.5) is 0 Å². The number of aryl methyl sites for hydroxylation is 1. The first-order chi connectivity index (χ1) is 4.74. The zero-order chi connectivity index (χ0) is 7.56. The quantitative estimate of drug-likeness (QED) is 0.439. The summed E-state index contributed by atoms with van der Waals surface area (Å²) in [6, 6.07) is 1.52. The molecule has 0 aliphatic rings. The van der Waals surface area contributed by atoms with Crippen LogP contribution in [0.5, 0.6) is 0 Å². The first-order valence-corrected chi connectivity index (χ1v) is 4.03. The molecule has 0 fully saturated rings. The van der Waals surface area contributed by atoms with Crippen LogP contribution < -0.4 is 5.56 Å². The topological polar surface area (TPSA) is 34.9 Å². The van der Waals surface area contributed by atoms with E-state index in [0.717, 1.165) is 5.03 Å². The second-order valence-electron chi connectivity index (χ2n) is 1.88. The van der Waals surface area contributed by atoms with Gasteiger partial charge in [0.05, 0.1) is 11.4 Å². The van der Waals surface area contributed by atoms with Gasteiger partial charge in [-0.05, 0) is 6.26 Å². The van der Waals surface area contributed by atoms with Gasteiger partial charge in [0.15, 0.2) is 0 Å². The minimum absolute atomic E-state index is 0.178. The Hall–Kier alpha value is -0.770. The SMILES string of the molecule is CSc1cc(=O)ncn1C. The van der Waals surface area contributed by atoms with Gasteiger partial charge in [-0.1, -0.05) is 0 Å². The molecule has 0 aromatic carbocycles. The highest BCUT2D eigenvalue weighted by Crippen LogP contribution is 2.08. The molecule has 0 spiro atoms. The minimum atomic E-state index is -0.178. The second kappa shape index (κ2) is 2.88. The summed E-state index contributed by atoms with van der Waals surface area (Å²) in [7, 11) is 1.86. The van der Waals surface area contributed by atoms with Crippen molar-refractivity contribution in [1.82, 2.24) is 9.55 Å². The van der Waals surface area contributed by atoms with Crippen molar-refractivity contribution in [1.29, 1.82) is 0 Å². The second-order valence-corrected chi connectivity index (χ2v) is 2.71. The van der Waals surface area contributed by atoms with Crippen molar-refractivity contribution in [3.8, 4) is 0 Å². The number of thioether (sulfide) groups is 1. The molecule has 0 aliphatic carbocycles. The molecule has 1 aromatic rings. The lowest BCUT2D eigenvalue weighted by Crippen LogP contribution is -2.08. The Bertz CT molecular complexity index is 281. The van der Waals surface area contributed by atoms with Crippen molar-refractivity contribution in [3.63, 3.8) is 0 Å². The van der Waals surface area contributed by atoms with Gasteiger partial charge < -0.3 is 4.57 Å². The molecule has 0 unspecified atom stereocenters. The van der Waals surface area contributed by atoms with E-state index >= 15 is 0 Å². The summed E-state index contributed by atoms with van der Waals surface area (Å²) < 4.78 is 1.81. The first kappa shape index (κ1) is 7.34. The van der Waals surface area contributed by atoms with E-state index in [1.165, 1.54) is 24.2 Å². The lowest BCUT2D eigenvalue weighted by Gasteiger charge is -2.01. The highest BCUT2D eigenvalue weighted by atomic mass is 32.2. The van der Waals surface area contributed by atoms with Crippen molar-refractivity contribution in [3.05, 3.63) is 22.7 Å². The highest BCUT2D eigenvalue weighted by Gasteiger charge is 1.93. The van der Waals surface area contributed by atoms with E-state index < -0.39 is 0 Å². The third-order valence-corrected chi connectivity index (χ3v) is 1.99. The van der Waals surface area contributed by atoms with Crippen LogP contribution in [0.3, 0.4) is 0 Å². The maximum Gasteiger partial charge on any atom is 0.273 e. The standard InChI is InChI=1S/C6H8N2OS/c1-8-4-7-5(9)3-6(8)10-2/h3-4H,1-2H3. The minimum Gasteiger partial charge on any atom is -0.330 e. The van der Waals surface area contributed by atoms with Crippen molar-refractivity contribution in [2.45, 2.75) is 5.03 Å². The summed E-state index contributed by atoms with van der Waals surface area (Å²) in [6.07, 6.45) is 3.45. The van der Waals surface area contributed by atoms with Gasteiger partial charge in [-0.25, -0.2) is 0 Å². The third kappa shape index (κ3) is 1.39. The van der Waals surface area contributed by atoms with Crippen molar-refractivity contribution in [2.24, 2.45) is 7.05 Å². The molecular weight excluding hydrogens is 148 g/mol. The molecule has 4 heteroatoms. The van der Waals surface area contributed by atoms with Gasteiger partial charge >= 0.3 is 0 Å². The van der Waals surface area contributed by atoms with E-state index in [9.17, 15) is 4.79 Å². The summed E-state index contributed by atoms with van der Waals surface area (Å²) >= 11 is 1.53. The summed E-state index contributed by atoms with van der Waals surface area (Å²) in [5, 5.41) is 0.931. The molecule has 0 N–H and O–H groups in total. The molecule has 0 radical (unpaired) electrons. The van der Waals surface area contributed by atoms with Crippen molar-refractivity contribution >= 4 is 11.8 Å². The molecule has 3 nitrogen and oxygen atoms in total. The zero-order valence-electron chi connectivity index (χ0n) is 5.87. The van der Waals surface area contributed by atoms with Crippen LogP contribution in [0.2, 0.25) is 0 Å². The van der Waals surface area contributed by atoms with E-state index in [1.54, 1.807) is 0 Å². The van der Waals surface area contributed by atoms with Gasteiger partial charge in [0.2, 0.25) is 0 Å². The van der Waals surface area contributed by atoms with Gasteiger partial charge in [0, 0.05) is 13.1 Å². The highest BCUT2D eigenvalue weighted by molar-refractivity contribution is 7.98. The number of rotatable bonds is 1. The number of aromatic nitrogens is 2. The smallest absolute Gasteiger partial charge is 0.273 e. The van der Waals surface area contributed by atoms with E-state index in [2.05, 4.69) is 4.98 Å². The van der Waals surface area contributed by atoms with Crippen LogP contribution in [-0.2, 0) is 7.05 Å². The summed E-state index contributed by atoms with van der Waals surface area (Å²) in [5.41, 5.74) is -0.178. The van der Waals surface area contributed by atoms with Crippen LogP contribution in [0.1, 0.15) is 0 Å². The third-order valence-electron chi connectivity index (χ3n) is 1.16. The average Bonchev–Trinajstić information content (AvgIpc) is 1.94. The molecule has 0 amide bonds. The van der Waals surface area contributed by atoms with E-state index in [1.807, 2.05) is 17.9 Å². The van der Waals surface area contributed by atoms with Crippen LogP contribution in [0.15, 0.2) is 22.2 Å². The predicted molar refractivity (Wildman–Crippen MR) is 41.3 cm³/mol. The Kier molecular flexibility index (Phi) is 2.11. The fourth-order valence-corrected chi connectivity index (χ4v) is 1.20. The van der Waals surface area contributed by atoms with Gasteiger partial charge in [-0.2, -0.15) is 4.98 Å². The number of hydrogen-bond acceptors (Lipinski definition) is 3. The van der Waals surface area contributed by atoms with E-state index in [0.29, 0.717) is 0 Å². The van der Waals surface area contributed by atoms with Crippen molar-refractivity contribution < 1.29 is 0 Å². The van der Waals surface area contributed by atoms with Crippen molar-refractivity contribution in [2.75, 3.05) is 6.26 Å². The fourth-order valence-electron chi connectivity index (χ4n) is 0.648. The normalized spacial score (nSPS) is 9.80. The summed E-state index contributed by atoms with van der Waals surface area (Å²) in [5.74, 6) is 0. The summed E-state index contributed by atoms with van der Waals surface area (Å²) in [6.45, 7) is 0. The summed E-state index contributed by atoms with van der Waals surface area (Å²) in [4.78, 5) is 14.2. The monoisotopic (exact) mass is 156 g/mol. The molecule has 0 aliphatic heterocycles. The molecular formula is C6H8N2OS. The largest absolute Gasteiger partial charge is 0.330 e. The van der Waals surface area contributed by atoms with Gasteiger partial charge in [-0.15, -0.1) is 11.8 Å². The molecule has 54 valence electrons. The molecule has 0 saturated heterocycles. The molecule has 1 aromatic heterocycles. The fraction of sp³-hybridized carbons (Fsp3) is 0.333. The average molecular weight is 156 g/mol. The maximum atomic E-state index is 10.7. The lowest BCUT2D eigenvalue weighted by molar-refractivity contribution is 0.761. The van der Waals surface area contributed by atoms with Crippen LogP contribution in [0, 0.1) is 0 Å². The molecule has 0 bridgehead atoms. The lowest BCUT2D eigenvalue weighted by atomic mass is 10.6. The van der Waals surface area contributed by atoms with Gasteiger partial charge in [0.1, 0.15) is 0 Å². The Balaban J connectivity index is 3.22. The molecule has 0 saturated carbocycles.